The number of benzene rings is 1. The summed E-state index contributed by atoms with van der Waals surface area (Å²) in [5.74, 6) is -0.817. The highest BCUT2D eigenvalue weighted by Crippen LogP contribution is 2.32. The number of piperidine rings is 1. The second-order valence-electron chi connectivity index (χ2n) is 5.35. The molecular weight excluding hydrogens is 284 g/mol. The molecular formula is C15H20F4N2. The minimum Gasteiger partial charge on any atom is -0.368 e. The molecule has 0 aliphatic carbocycles. The summed E-state index contributed by atoms with van der Waals surface area (Å²) in [6, 6.07) is 3.01. The molecule has 0 spiro atoms. The smallest absolute Gasteiger partial charge is 0.368 e. The van der Waals surface area contributed by atoms with E-state index in [9.17, 15) is 17.6 Å². The lowest BCUT2D eigenvalue weighted by molar-refractivity contribution is -0.137. The fourth-order valence-corrected chi connectivity index (χ4v) is 2.68. The van der Waals surface area contributed by atoms with Crippen molar-refractivity contribution in [2.45, 2.75) is 38.4 Å². The number of hydrogen-bond donors (Lipinski definition) is 1. The van der Waals surface area contributed by atoms with Gasteiger partial charge in [0.05, 0.1) is 11.3 Å². The third-order valence-electron chi connectivity index (χ3n) is 3.85. The number of nitrogens with one attached hydrogen (secondary N) is 1. The number of alkyl halides is 3. The standard InChI is InChI=1S/C15H20F4N2/c1-2-21(10-12-5-3-4-8-20-12)14-7-6-11(9-13(14)16)15(17,18)19/h6-7,9,12,20H,2-5,8,10H2,1H3. The van der Waals surface area contributed by atoms with E-state index in [1.54, 1.807) is 4.90 Å². The van der Waals surface area contributed by atoms with E-state index in [1.165, 1.54) is 6.07 Å². The molecule has 1 aromatic rings. The first-order chi connectivity index (χ1) is 9.91. The molecule has 1 unspecified atom stereocenters. The summed E-state index contributed by atoms with van der Waals surface area (Å²) in [5, 5.41) is 3.36. The maximum absolute atomic E-state index is 14.0. The lowest BCUT2D eigenvalue weighted by Crippen LogP contribution is -2.44. The van der Waals surface area contributed by atoms with Crippen molar-refractivity contribution in [3.05, 3.63) is 29.6 Å². The number of rotatable bonds is 4. The Morgan fingerprint density at radius 1 is 1.29 bits per heavy atom. The summed E-state index contributed by atoms with van der Waals surface area (Å²) in [5.41, 5.74) is -0.714. The number of nitrogens with zero attached hydrogens (tertiary/aromatic N) is 1. The molecule has 2 nitrogen and oxygen atoms in total. The molecule has 1 aliphatic rings. The number of halogens is 4. The van der Waals surface area contributed by atoms with Crippen molar-refractivity contribution in [3.8, 4) is 0 Å². The topological polar surface area (TPSA) is 15.3 Å². The Morgan fingerprint density at radius 2 is 2.05 bits per heavy atom. The van der Waals surface area contributed by atoms with Gasteiger partial charge in [-0.2, -0.15) is 13.2 Å². The number of hydrogen-bond acceptors (Lipinski definition) is 2. The Kier molecular flexibility index (Phi) is 5.08. The first-order valence-corrected chi connectivity index (χ1v) is 7.27. The van der Waals surface area contributed by atoms with Crippen molar-refractivity contribution in [1.29, 1.82) is 0 Å². The van der Waals surface area contributed by atoms with Crippen LogP contribution in [-0.2, 0) is 6.18 Å². The lowest BCUT2D eigenvalue weighted by atomic mass is 10.0. The molecule has 1 fully saturated rings. The number of anilines is 1. The van der Waals surface area contributed by atoms with Gasteiger partial charge in [-0.15, -0.1) is 0 Å². The van der Waals surface area contributed by atoms with Gasteiger partial charge in [-0.25, -0.2) is 4.39 Å². The summed E-state index contributed by atoms with van der Waals surface area (Å²) in [6.07, 6.45) is -1.23. The van der Waals surface area contributed by atoms with Crippen LogP contribution in [0.5, 0.6) is 0 Å². The quantitative estimate of drug-likeness (QED) is 0.851. The predicted molar refractivity (Wildman–Crippen MR) is 74.9 cm³/mol. The van der Waals surface area contributed by atoms with Crippen LogP contribution in [-0.4, -0.2) is 25.7 Å². The monoisotopic (exact) mass is 304 g/mol. The van der Waals surface area contributed by atoms with Gasteiger partial charge < -0.3 is 10.2 Å². The number of likely N-dealkylation sites (N-methyl/N-ethyl adjacent to an activating group) is 1. The molecule has 1 aromatic carbocycles. The molecule has 0 aromatic heterocycles. The second-order valence-corrected chi connectivity index (χ2v) is 5.35. The van der Waals surface area contributed by atoms with E-state index in [-0.39, 0.29) is 11.7 Å². The molecule has 2 rings (SSSR count). The van der Waals surface area contributed by atoms with Gasteiger partial charge in [0.25, 0.3) is 0 Å². The first-order valence-electron chi connectivity index (χ1n) is 7.27. The fraction of sp³-hybridized carbons (Fsp3) is 0.600. The second kappa shape index (κ2) is 6.64. The van der Waals surface area contributed by atoms with Crippen LogP contribution in [0.25, 0.3) is 0 Å². The largest absolute Gasteiger partial charge is 0.416 e. The highest BCUT2D eigenvalue weighted by molar-refractivity contribution is 5.49. The van der Waals surface area contributed by atoms with Crippen LogP contribution in [0.15, 0.2) is 18.2 Å². The lowest BCUT2D eigenvalue weighted by Gasteiger charge is -2.31. The summed E-state index contributed by atoms with van der Waals surface area (Å²) in [4.78, 5) is 1.79. The minimum atomic E-state index is -4.51. The van der Waals surface area contributed by atoms with Crippen molar-refractivity contribution >= 4 is 5.69 Å². The van der Waals surface area contributed by atoms with E-state index in [0.717, 1.165) is 31.9 Å². The van der Waals surface area contributed by atoms with Crippen molar-refractivity contribution in [2.75, 3.05) is 24.5 Å². The average Bonchev–Trinajstić information content (AvgIpc) is 2.45. The van der Waals surface area contributed by atoms with E-state index in [2.05, 4.69) is 5.32 Å². The van der Waals surface area contributed by atoms with E-state index in [0.29, 0.717) is 19.2 Å². The Balaban J connectivity index is 2.14. The van der Waals surface area contributed by atoms with Crippen LogP contribution in [0.4, 0.5) is 23.2 Å². The van der Waals surface area contributed by atoms with Crippen molar-refractivity contribution in [3.63, 3.8) is 0 Å². The van der Waals surface area contributed by atoms with Gasteiger partial charge >= 0.3 is 6.18 Å². The highest BCUT2D eigenvalue weighted by atomic mass is 19.4. The van der Waals surface area contributed by atoms with E-state index in [1.807, 2.05) is 6.92 Å². The van der Waals surface area contributed by atoms with Crippen molar-refractivity contribution in [1.82, 2.24) is 5.32 Å². The average molecular weight is 304 g/mol. The van der Waals surface area contributed by atoms with Gasteiger partial charge in [-0.3, -0.25) is 0 Å². The van der Waals surface area contributed by atoms with E-state index in [4.69, 9.17) is 0 Å². The Morgan fingerprint density at radius 3 is 2.57 bits per heavy atom. The maximum Gasteiger partial charge on any atom is 0.416 e. The summed E-state index contributed by atoms with van der Waals surface area (Å²) in [7, 11) is 0. The molecule has 1 N–H and O–H groups in total. The van der Waals surface area contributed by atoms with Crippen LogP contribution < -0.4 is 10.2 Å². The molecule has 0 saturated carbocycles. The third kappa shape index (κ3) is 4.09. The molecule has 21 heavy (non-hydrogen) atoms. The van der Waals surface area contributed by atoms with Gasteiger partial charge in [0, 0.05) is 19.1 Å². The molecule has 0 amide bonds. The highest BCUT2D eigenvalue weighted by Gasteiger charge is 2.31. The fourth-order valence-electron chi connectivity index (χ4n) is 2.68. The third-order valence-corrected chi connectivity index (χ3v) is 3.85. The van der Waals surface area contributed by atoms with Gasteiger partial charge in [0.1, 0.15) is 5.82 Å². The molecule has 1 heterocycles. The SMILES string of the molecule is CCN(CC1CCCCN1)c1ccc(C(F)(F)F)cc1F. The molecule has 6 heteroatoms. The van der Waals surface area contributed by atoms with Crippen LogP contribution in [0, 0.1) is 5.82 Å². The van der Waals surface area contributed by atoms with Crippen LogP contribution in [0.3, 0.4) is 0 Å². The zero-order valence-corrected chi connectivity index (χ0v) is 12.0. The Hall–Kier alpha value is -1.30. The van der Waals surface area contributed by atoms with E-state index < -0.39 is 17.6 Å². The van der Waals surface area contributed by atoms with Gasteiger partial charge in [0.15, 0.2) is 0 Å². The van der Waals surface area contributed by atoms with Gasteiger partial charge in [-0.1, -0.05) is 6.42 Å². The van der Waals surface area contributed by atoms with E-state index >= 15 is 0 Å². The van der Waals surface area contributed by atoms with Crippen molar-refractivity contribution in [2.24, 2.45) is 0 Å². The summed E-state index contributed by atoms with van der Waals surface area (Å²) in [6.45, 7) is 3.98. The molecule has 0 bridgehead atoms. The molecule has 1 atom stereocenters. The van der Waals surface area contributed by atoms with Crippen molar-refractivity contribution < 1.29 is 17.6 Å². The molecule has 1 saturated heterocycles. The van der Waals surface area contributed by atoms with Crippen LogP contribution >= 0.6 is 0 Å². The first kappa shape index (κ1) is 16.1. The maximum atomic E-state index is 14.0. The minimum absolute atomic E-state index is 0.234. The predicted octanol–water partition coefficient (Wildman–Crippen LogP) is 3.81. The van der Waals surface area contributed by atoms with Gasteiger partial charge in [0.2, 0.25) is 0 Å². The van der Waals surface area contributed by atoms with Crippen LogP contribution in [0.1, 0.15) is 31.7 Å². The molecule has 0 radical (unpaired) electrons. The Labute approximate surface area is 122 Å². The van der Waals surface area contributed by atoms with Crippen LogP contribution in [0.2, 0.25) is 0 Å². The van der Waals surface area contributed by atoms with Gasteiger partial charge in [-0.05, 0) is 44.5 Å². The molecule has 1 aliphatic heterocycles. The Bertz CT molecular complexity index is 467. The summed E-state index contributed by atoms with van der Waals surface area (Å²) < 4.78 is 51.7. The zero-order chi connectivity index (χ0) is 15.5. The zero-order valence-electron chi connectivity index (χ0n) is 12.0. The summed E-state index contributed by atoms with van der Waals surface area (Å²) >= 11 is 0. The normalized spacial score (nSPS) is 19.6. The molecule has 118 valence electrons.